The highest BCUT2D eigenvalue weighted by Gasteiger charge is 2.32. The number of halogens is 3. The summed E-state index contributed by atoms with van der Waals surface area (Å²) in [4.78, 5) is 26.0. The van der Waals surface area contributed by atoms with Crippen LogP contribution in [0.3, 0.4) is 0 Å². The molecule has 0 bridgehead atoms. The zero-order valence-electron chi connectivity index (χ0n) is 16.1. The second kappa shape index (κ2) is 8.28. The third-order valence-electron chi connectivity index (χ3n) is 5.72. The first-order valence-electron chi connectivity index (χ1n) is 9.58. The Morgan fingerprint density at radius 1 is 1.34 bits per heavy atom. The van der Waals surface area contributed by atoms with Gasteiger partial charge in [-0.05, 0) is 49.3 Å². The number of anilines is 1. The normalized spacial score (nSPS) is 18.9. The van der Waals surface area contributed by atoms with Gasteiger partial charge in [-0.3, -0.25) is 9.20 Å². The van der Waals surface area contributed by atoms with Crippen molar-refractivity contribution in [1.29, 1.82) is 0 Å². The molecular weight excluding hydrogens is 404 g/mol. The lowest BCUT2D eigenvalue weighted by Gasteiger charge is -2.24. The van der Waals surface area contributed by atoms with Crippen LogP contribution in [-0.2, 0) is 0 Å². The van der Waals surface area contributed by atoms with Crippen LogP contribution in [-0.4, -0.2) is 47.8 Å². The van der Waals surface area contributed by atoms with Crippen LogP contribution < -0.4 is 15.8 Å². The molecule has 0 radical (unpaired) electrons. The van der Waals surface area contributed by atoms with Crippen LogP contribution in [0.4, 0.5) is 14.5 Å². The Kier molecular flexibility index (Phi) is 6.14. The second-order valence-corrected chi connectivity index (χ2v) is 7.64. The van der Waals surface area contributed by atoms with E-state index in [-0.39, 0.29) is 36.5 Å². The van der Waals surface area contributed by atoms with E-state index in [1.807, 2.05) is 4.90 Å². The standard InChI is InChI=1S/C20H23F2N3O3.ClH/c1-11-17-14(12-2-3-12)8-15(20(27)28)19(26)25(17)10-16(22)18(11)24-7-4-13(9-24)23-6-5-21;/h8,10,12-13,23H,2-7,9H2,1H3,(H,27,28);1H. The average Bonchev–Trinajstić information content (AvgIpc) is 3.39. The summed E-state index contributed by atoms with van der Waals surface area (Å²) in [5, 5.41) is 12.5. The monoisotopic (exact) mass is 427 g/mol. The summed E-state index contributed by atoms with van der Waals surface area (Å²) < 4.78 is 28.6. The zero-order valence-corrected chi connectivity index (χ0v) is 16.9. The number of carboxylic acid groups (broad SMARTS) is 1. The largest absolute Gasteiger partial charge is 0.477 e. The van der Waals surface area contributed by atoms with Crippen molar-refractivity contribution in [2.24, 2.45) is 0 Å². The van der Waals surface area contributed by atoms with Gasteiger partial charge in [0.1, 0.15) is 12.2 Å². The number of nitrogens with zero attached hydrogens (tertiary/aromatic N) is 2. The summed E-state index contributed by atoms with van der Waals surface area (Å²) in [6.45, 7) is 2.80. The minimum atomic E-state index is -1.30. The average molecular weight is 428 g/mol. The SMILES string of the molecule is Cc1c(N2CCC(NCCF)C2)c(F)cn2c(=O)c(C(=O)O)cc(C3CC3)c12.Cl. The third-order valence-corrected chi connectivity index (χ3v) is 5.72. The van der Waals surface area contributed by atoms with Gasteiger partial charge in [-0.1, -0.05) is 0 Å². The van der Waals surface area contributed by atoms with E-state index in [9.17, 15) is 19.1 Å². The number of alkyl halides is 1. The summed E-state index contributed by atoms with van der Waals surface area (Å²) in [6.07, 6.45) is 3.75. The molecule has 0 aromatic carbocycles. The van der Waals surface area contributed by atoms with Crippen LogP contribution in [0.15, 0.2) is 17.1 Å². The van der Waals surface area contributed by atoms with E-state index in [4.69, 9.17) is 0 Å². The van der Waals surface area contributed by atoms with E-state index < -0.39 is 24.0 Å². The minimum absolute atomic E-state index is 0. The summed E-state index contributed by atoms with van der Waals surface area (Å²) in [5.74, 6) is -1.66. The number of rotatable bonds is 6. The molecule has 4 rings (SSSR count). The van der Waals surface area contributed by atoms with E-state index >= 15 is 4.39 Å². The molecule has 29 heavy (non-hydrogen) atoms. The highest BCUT2D eigenvalue weighted by atomic mass is 35.5. The van der Waals surface area contributed by atoms with Crippen molar-refractivity contribution in [3.8, 4) is 0 Å². The van der Waals surface area contributed by atoms with Crippen molar-refractivity contribution >= 4 is 29.6 Å². The van der Waals surface area contributed by atoms with E-state index in [0.717, 1.165) is 35.4 Å². The van der Waals surface area contributed by atoms with Gasteiger partial charge in [0.25, 0.3) is 5.56 Å². The lowest BCUT2D eigenvalue weighted by Crippen LogP contribution is -2.34. The number of carbonyl (C=O) groups is 1. The van der Waals surface area contributed by atoms with E-state index in [1.54, 1.807) is 6.92 Å². The van der Waals surface area contributed by atoms with Gasteiger partial charge in [0.15, 0.2) is 5.82 Å². The maximum absolute atomic E-state index is 15.0. The first-order valence-corrected chi connectivity index (χ1v) is 9.58. The number of pyridine rings is 2. The Morgan fingerprint density at radius 3 is 2.69 bits per heavy atom. The molecule has 1 unspecified atom stereocenters. The minimum Gasteiger partial charge on any atom is -0.477 e. The summed E-state index contributed by atoms with van der Waals surface area (Å²) in [7, 11) is 0. The van der Waals surface area contributed by atoms with Gasteiger partial charge in [-0.2, -0.15) is 0 Å². The summed E-state index contributed by atoms with van der Waals surface area (Å²) >= 11 is 0. The van der Waals surface area contributed by atoms with Crippen molar-refractivity contribution in [2.75, 3.05) is 31.2 Å². The third kappa shape index (κ3) is 3.83. The lowest BCUT2D eigenvalue weighted by molar-refractivity contribution is 0.0694. The summed E-state index contributed by atoms with van der Waals surface area (Å²) in [6, 6.07) is 1.55. The fraction of sp³-hybridized carbons (Fsp3) is 0.500. The van der Waals surface area contributed by atoms with Crippen molar-refractivity contribution in [3.05, 3.63) is 45.1 Å². The predicted molar refractivity (Wildman–Crippen MR) is 109 cm³/mol. The van der Waals surface area contributed by atoms with Crippen LogP contribution in [0.2, 0.25) is 0 Å². The first kappa shape index (κ1) is 21.5. The van der Waals surface area contributed by atoms with Gasteiger partial charge in [0.2, 0.25) is 0 Å². The van der Waals surface area contributed by atoms with E-state index in [1.165, 1.54) is 6.07 Å². The second-order valence-electron chi connectivity index (χ2n) is 7.64. The molecular formula is C20H24ClF2N3O3. The van der Waals surface area contributed by atoms with Crippen LogP contribution in [0.5, 0.6) is 0 Å². The number of carboxylic acids is 1. The highest BCUT2D eigenvalue weighted by Crippen LogP contribution is 2.44. The number of fused-ring (bicyclic) bond motifs is 1. The number of hydrogen-bond donors (Lipinski definition) is 2. The highest BCUT2D eigenvalue weighted by molar-refractivity contribution is 5.89. The first-order chi connectivity index (χ1) is 13.4. The van der Waals surface area contributed by atoms with E-state index in [2.05, 4.69) is 5.32 Å². The molecule has 2 aromatic rings. The van der Waals surface area contributed by atoms with Gasteiger partial charge >= 0.3 is 5.97 Å². The number of aromatic carboxylic acids is 1. The Hall–Kier alpha value is -2.19. The van der Waals surface area contributed by atoms with Crippen LogP contribution in [0.1, 0.15) is 46.7 Å². The molecule has 2 aliphatic rings. The van der Waals surface area contributed by atoms with E-state index in [0.29, 0.717) is 29.9 Å². The van der Waals surface area contributed by atoms with Crippen molar-refractivity contribution in [2.45, 2.75) is 38.1 Å². The van der Waals surface area contributed by atoms with Gasteiger partial charge in [0.05, 0.1) is 17.4 Å². The Labute approximate surface area is 172 Å². The topological polar surface area (TPSA) is 74.0 Å². The van der Waals surface area contributed by atoms with Crippen molar-refractivity contribution in [1.82, 2.24) is 9.72 Å². The van der Waals surface area contributed by atoms with Crippen LogP contribution >= 0.6 is 12.4 Å². The molecule has 1 saturated carbocycles. The molecule has 6 nitrogen and oxygen atoms in total. The molecule has 1 saturated heterocycles. The fourth-order valence-corrected chi connectivity index (χ4v) is 4.28. The molecule has 3 heterocycles. The molecule has 0 spiro atoms. The van der Waals surface area contributed by atoms with Gasteiger partial charge < -0.3 is 15.3 Å². The molecule has 9 heteroatoms. The molecule has 1 atom stereocenters. The lowest BCUT2D eigenvalue weighted by atomic mass is 10.0. The maximum Gasteiger partial charge on any atom is 0.341 e. The fourth-order valence-electron chi connectivity index (χ4n) is 4.28. The molecule has 158 valence electrons. The maximum atomic E-state index is 15.0. The number of hydrogen-bond acceptors (Lipinski definition) is 4. The molecule has 0 amide bonds. The van der Waals surface area contributed by atoms with Crippen molar-refractivity contribution < 1.29 is 18.7 Å². The molecule has 1 aliphatic heterocycles. The number of aryl methyl sites for hydroxylation is 1. The van der Waals surface area contributed by atoms with Gasteiger partial charge in [-0.25, -0.2) is 13.6 Å². The molecule has 1 aliphatic carbocycles. The Morgan fingerprint density at radius 2 is 2.07 bits per heavy atom. The van der Waals surface area contributed by atoms with Crippen molar-refractivity contribution in [3.63, 3.8) is 0 Å². The summed E-state index contributed by atoms with van der Waals surface area (Å²) in [5.41, 5.74) is 1.43. The van der Waals surface area contributed by atoms with Crippen LogP contribution in [0, 0.1) is 12.7 Å². The number of nitrogens with one attached hydrogen (secondary N) is 1. The smallest absolute Gasteiger partial charge is 0.341 e. The Bertz CT molecular complexity index is 1010. The van der Waals surface area contributed by atoms with Gasteiger partial charge in [-0.15, -0.1) is 12.4 Å². The Balaban J connectivity index is 0.00000240. The number of aromatic nitrogens is 1. The molecule has 2 aromatic heterocycles. The van der Waals surface area contributed by atoms with Crippen LogP contribution in [0.25, 0.3) is 5.52 Å². The molecule has 2 N–H and O–H groups in total. The quantitative estimate of drug-likeness (QED) is 0.741. The zero-order chi connectivity index (χ0) is 20.0. The molecule has 2 fully saturated rings. The van der Waals surface area contributed by atoms with Gasteiger partial charge in [0, 0.05) is 25.7 Å². The predicted octanol–water partition coefficient (Wildman–Crippen LogP) is 2.88.